The summed E-state index contributed by atoms with van der Waals surface area (Å²) in [4.78, 5) is 0. The first-order chi connectivity index (χ1) is 7.43. The highest BCUT2D eigenvalue weighted by Crippen LogP contribution is 2.29. The zero-order valence-corrected chi connectivity index (χ0v) is 9.01. The molecule has 0 aliphatic heterocycles. The molecular weight excluding hydrogens is 217 g/mol. The van der Waals surface area contributed by atoms with Gasteiger partial charge in [0.1, 0.15) is 0 Å². The molecule has 0 fully saturated rings. The fourth-order valence-electron chi connectivity index (χ4n) is 1.23. The number of hydrogen-bond donors (Lipinski definition) is 2. The summed E-state index contributed by atoms with van der Waals surface area (Å²) in [6, 6.07) is 5.37. The molecule has 90 valence electrons. The number of rotatable bonds is 4. The molecule has 0 amide bonds. The van der Waals surface area contributed by atoms with Gasteiger partial charge < -0.3 is 11.1 Å². The predicted octanol–water partition coefficient (Wildman–Crippen LogP) is 2.14. The number of hydrogen-bond acceptors (Lipinski definition) is 2. The van der Waals surface area contributed by atoms with Gasteiger partial charge in [-0.1, -0.05) is 18.2 Å². The largest absolute Gasteiger partial charge is 0.416 e. The molecule has 0 saturated carbocycles. The average Bonchev–Trinajstić information content (AvgIpc) is 2.25. The van der Waals surface area contributed by atoms with Crippen LogP contribution >= 0.6 is 0 Å². The molecule has 0 radical (unpaired) electrons. The standard InChI is InChI=1S/C11H15F3N2/c1-8(6-15)16-7-9-3-2-4-10(5-9)11(12,13)14/h2-5,8,16H,6-7,15H2,1H3/t8-/m0/s1. The summed E-state index contributed by atoms with van der Waals surface area (Å²) in [5.41, 5.74) is 5.38. The van der Waals surface area contributed by atoms with Crippen LogP contribution in [0.4, 0.5) is 13.2 Å². The first-order valence-corrected chi connectivity index (χ1v) is 5.03. The van der Waals surface area contributed by atoms with Gasteiger partial charge in [0.15, 0.2) is 0 Å². The second-order valence-corrected chi connectivity index (χ2v) is 3.72. The van der Waals surface area contributed by atoms with Crippen LogP contribution in [0.5, 0.6) is 0 Å². The minimum absolute atomic E-state index is 0.0922. The second kappa shape index (κ2) is 5.32. The molecule has 1 aromatic carbocycles. The van der Waals surface area contributed by atoms with E-state index in [-0.39, 0.29) is 6.04 Å². The topological polar surface area (TPSA) is 38.0 Å². The highest BCUT2D eigenvalue weighted by atomic mass is 19.4. The molecule has 1 atom stereocenters. The lowest BCUT2D eigenvalue weighted by Crippen LogP contribution is -2.32. The van der Waals surface area contributed by atoms with Crippen molar-refractivity contribution in [2.45, 2.75) is 25.7 Å². The molecule has 3 N–H and O–H groups in total. The summed E-state index contributed by atoms with van der Waals surface area (Å²) in [7, 11) is 0. The lowest BCUT2D eigenvalue weighted by molar-refractivity contribution is -0.137. The van der Waals surface area contributed by atoms with Crippen molar-refractivity contribution in [1.82, 2.24) is 5.32 Å². The van der Waals surface area contributed by atoms with Crippen molar-refractivity contribution < 1.29 is 13.2 Å². The Morgan fingerprint density at radius 3 is 2.62 bits per heavy atom. The smallest absolute Gasteiger partial charge is 0.329 e. The number of alkyl halides is 3. The van der Waals surface area contributed by atoms with Crippen molar-refractivity contribution in [3.05, 3.63) is 35.4 Å². The third kappa shape index (κ3) is 3.83. The van der Waals surface area contributed by atoms with Crippen molar-refractivity contribution in [3.8, 4) is 0 Å². The van der Waals surface area contributed by atoms with E-state index in [4.69, 9.17) is 5.73 Å². The van der Waals surface area contributed by atoms with Crippen LogP contribution in [-0.4, -0.2) is 12.6 Å². The summed E-state index contributed by atoms with van der Waals surface area (Å²) in [5.74, 6) is 0. The minimum atomic E-state index is -4.28. The SMILES string of the molecule is C[C@@H](CN)NCc1cccc(C(F)(F)F)c1. The summed E-state index contributed by atoms with van der Waals surface area (Å²) in [6.45, 7) is 2.73. The molecule has 1 rings (SSSR count). The first-order valence-electron chi connectivity index (χ1n) is 5.03. The maximum atomic E-state index is 12.4. The van der Waals surface area contributed by atoms with Gasteiger partial charge in [0.05, 0.1) is 5.56 Å². The number of halogens is 3. The Bertz CT molecular complexity index is 336. The quantitative estimate of drug-likeness (QED) is 0.834. The Kier molecular flexibility index (Phi) is 4.32. The molecule has 16 heavy (non-hydrogen) atoms. The number of nitrogens with one attached hydrogen (secondary N) is 1. The highest BCUT2D eigenvalue weighted by molar-refractivity contribution is 5.25. The molecule has 0 bridgehead atoms. The molecule has 0 saturated heterocycles. The van der Waals surface area contributed by atoms with Crippen molar-refractivity contribution in [3.63, 3.8) is 0 Å². The minimum Gasteiger partial charge on any atom is -0.329 e. The van der Waals surface area contributed by atoms with Gasteiger partial charge in [0.2, 0.25) is 0 Å². The molecule has 0 heterocycles. The van der Waals surface area contributed by atoms with Crippen molar-refractivity contribution >= 4 is 0 Å². The van der Waals surface area contributed by atoms with Crippen LogP contribution in [0.1, 0.15) is 18.1 Å². The van der Waals surface area contributed by atoms with E-state index in [9.17, 15) is 13.2 Å². The molecule has 0 spiro atoms. The van der Waals surface area contributed by atoms with Gasteiger partial charge in [0, 0.05) is 19.1 Å². The third-order valence-corrected chi connectivity index (χ3v) is 2.26. The van der Waals surface area contributed by atoms with Gasteiger partial charge in [-0.2, -0.15) is 13.2 Å². The van der Waals surface area contributed by atoms with E-state index in [2.05, 4.69) is 5.32 Å². The maximum absolute atomic E-state index is 12.4. The van der Waals surface area contributed by atoms with E-state index in [0.717, 1.165) is 12.1 Å². The van der Waals surface area contributed by atoms with E-state index in [1.54, 1.807) is 6.07 Å². The maximum Gasteiger partial charge on any atom is 0.416 e. The lowest BCUT2D eigenvalue weighted by Gasteiger charge is -2.12. The molecule has 5 heteroatoms. The fourth-order valence-corrected chi connectivity index (χ4v) is 1.23. The zero-order chi connectivity index (χ0) is 12.2. The van der Waals surface area contributed by atoms with Gasteiger partial charge in [0.25, 0.3) is 0 Å². The predicted molar refractivity (Wildman–Crippen MR) is 56.8 cm³/mol. The number of benzene rings is 1. The lowest BCUT2D eigenvalue weighted by atomic mass is 10.1. The Hall–Kier alpha value is -1.07. The van der Waals surface area contributed by atoms with Gasteiger partial charge in [-0.3, -0.25) is 0 Å². The van der Waals surface area contributed by atoms with E-state index in [1.807, 2.05) is 6.92 Å². The van der Waals surface area contributed by atoms with Crippen molar-refractivity contribution in [1.29, 1.82) is 0 Å². The van der Waals surface area contributed by atoms with Gasteiger partial charge in [-0.15, -0.1) is 0 Å². The molecule has 0 aliphatic rings. The second-order valence-electron chi connectivity index (χ2n) is 3.72. The van der Waals surface area contributed by atoms with E-state index in [0.29, 0.717) is 18.7 Å². The van der Waals surface area contributed by atoms with Crippen LogP contribution in [0.25, 0.3) is 0 Å². The monoisotopic (exact) mass is 232 g/mol. The van der Waals surface area contributed by atoms with Gasteiger partial charge >= 0.3 is 6.18 Å². The Morgan fingerprint density at radius 1 is 1.38 bits per heavy atom. The summed E-state index contributed by atoms with van der Waals surface area (Å²) >= 11 is 0. The van der Waals surface area contributed by atoms with E-state index < -0.39 is 11.7 Å². The van der Waals surface area contributed by atoms with E-state index in [1.165, 1.54) is 6.07 Å². The molecule has 2 nitrogen and oxygen atoms in total. The normalized spacial score (nSPS) is 13.8. The Balaban J connectivity index is 2.68. The average molecular weight is 232 g/mol. The zero-order valence-electron chi connectivity index (χ0n) is 9.01. The summed E-state index contributed by atoms with van der Waals surface area (Å²) < 4.78 is 37.2. The summed E-state index contributed by atoms with van der Waals surface area (Å²) in [5, 5.41) is 3.03. The number of nitrogens with two attached hydrogens (primary N) is 1. The molecule has 0 aliphatic carbocycles. The van der Waals surface area contributed by atoms with Gasteiger partial charge in [-0.05, 0) is 18.6 Å². The Labute approximate surface area is 92.6 Å². The first kappa shape index (κ1) is 13.0. The van der Waals surface area contributed by atoms with Crippen LogP contribution in [-0.2, 0) is 12.7 Å². The van der Waals surface area contributed by atoms with Crippen molar-refractivity contribution in [2.24, 2.45) is 5.73 Å². The fraction of sp³-hybridized carbons (Fsp3) is 0.455. The highest BCUT2D eigenvalue weighted by Gasteiger charge is 2.30. The van der Waals surface area contributed by atoms with Crippen LogP contribution in [0, 0.1) is 0 Å². The van der Waals surface area contributed by atoms with Gasteiger partial charge in [-0.25, -0.2) is 0 Å². The molecule has 0 unspecified atom stereocenters. The summed E-state index contributed by atoms with van der Waals surface area (Å²) in [6.07, 6.45) is -4.28. The third-order valence-electron chi connectivity index (χ3n) is 2.26. The molecule has 0 aromatic heterocycles. The van der Waals surface area contributed by atoms with E-state index >= 15 is 0 Å². The van der Waals surface area contributed by atoms with Crippen LogP contribution in [0.3, 0.4) is 0 Å². The Morgan fingerprint density at radius 2 is 2.06 bits per heavy atom. The van der Waals surface area contributed by atoms with Crippen LogP contribution in [0.15, 0.2) is 24.3 Å². The van der Waals surface area contributed by atoms with Crippen LogP contribution in [0.2, 0.25) is 0 Å². The molecular formula is C11H15F3N2. The molecule has 1 aromatic rings. The van der Waals surface area contributed by atoms with Crippen LogP contribution < -0.4 is 11.1 Å². The van der Waals surface area contributed by atoms with Crippen molar-refractivity contribution in [2.75, 3.05) is 6.54 Å².